The van der Waals surface area contributed by atoms with Crippen molar-refractivity contribution in [1.82, 2.24) is 0 Å². The summed E-state index contributed by atoms with van der Waals surface area (Å²) in [7, 11) is 0. The molecule has 0 aliphatic carbocycles. The molecule has 5 heteroatoms. The van der Waals surface area contributed by atoms with Crippen LogP contribution >= 0.6 is 15.9 Å². The lowest BCUT2D eigenvalue weighted by molar-refractivity contribution is -0.0546. The first kappa shape index (κ1) is 10.2. The molecular weight excluding hydrogens is 211 g/mol. The first-order valence-corrected chi connectivity index (χ1v) is 3.62. The van der Waals surface area contributed by atoms with Crippen LogP contribution in [0.25, 0.3) is 0 Å². The van der Waals surface area contributed by atoms with E-state index in [0.29, 0.717) is 0 Å². The van der Waals surface area contributed by atoms with Crippen molar-refractivity contribution in [3.8, 4) is 0 Å². The van der Waals surface area contributed by atoms with E-state index in [1.807, 2.05) is 15.9 Å². The van der Waals surface area contributed by atoms with Crippen LogP contribution < -0.4 is 5.73 Å². The van der Waals surface area contributed by atoms with Gasteiger partial charge in [-0.05, 0) is 22.4 Å². The SMILES string of the molecule is CCC(F)(CN)C(F)(F)Br. The fraction of sp³-hybridized carbons (Fsp3) is 1.00. The maximum Gasteiger partial charge on any atom is 0.335 e. The zero-order chi connectivity index (χ0) is 8.41. The third-order valence-electron chi connectivity index (χ3n) is 1.39. The van der Waals surface area contributed by atoms with Crippen LogP contribution in [0, 0.1) is 0 Å². The van der Waals surface area contributed by atoms with Gasteiger partial charge in [0.25, 0.3) is 0 Å². The lowest BCUT2D eigenvalue weighted by Crippen LogP contribution is -2.45. The Bertz CT molecular complexity index is 108. The van der Waals surface area contributed by atoms with Crippen LogP contribution in [0.1, 0.15) is 13.3 Å². The van der Waals surface area contributed by atoms with Crippen molar-refractivity contribution in [3.05, 3.63) is 0 Å². The highest BCUT2D eigenvalue weighted by Gasteiger charge is 2.50. The molecule has 10 heavy (non-hydrogen) atoms. The minimum atomic E-state index is -3.52. The van der Waals surface area contributed by atoms with Crippen LogP contribution in [-0.2, 0) is 0 Å². The fourth-order valence-corrected chi connectivity index (χ4v) is 0.903. The second kappa shape index (κ2) is 3.09. The molecule has 0 amide bonds. The minimum Gasteiger partial charge on any atom is -0.327 e. The van der Waals surface area contributed by atoms with Crippen LogP contribution in [-0.4, -0.2) is 17.0 Å². The van der Waals surface area contributed by atoms with E-state index in [1.54, 1.807) is 0 Å². The monoisotopic (exact) mass is 219 g/mol. The molecule has 0 aromatic rings. The highest BCUT2D eigenvalue weighted by molar-refractivity contribution is 9.10. The molecule has 1 atom stereocenters. The van der Waals surface area contributed by atoms with Crippen LogP contribution in [0.4, 0.5) is 13.2 Å². The van der Waals surface area contributed by atoms with Gasteiger partial charge in [0.2, 0.25) is 0 Å². The maximum atomic E-state index is 12.8. The average molecular weight is 220 g/mol. The smallest absolute Gasteiger partial charge is 0.327 e. The molecule has 62 valence electrons. The predicted octanol–water partition coefficient (Wildman–Crippen LogP) is 2.05. The van der Waals surface area contributed by atoms with E-state index in [-0.39, 0.29) is 6.42 Å². The minimum absolute atomic E-state index is 0.304. The zero-order valence-corrected chi connectivity index (χ0v) is 7.09. The summed E-state index contributed by atoms with van der Waals surface area (Å²) in [4.78, 5) is -3.52. The number of rotatable bonds is 3. The van der Waals surface area contributed by atoms with E-state index in [1.165, 1.54) is 6.92 Å². The van der Waals surface area contributed by atoms with Gasteiger partial charge in [0.05, 0.1) is 0 Å². The molecule has 0 aliphatic heterocycles. The Balaban J connectivity index is 4.33. The van der Waals surface area contributed by atoms with Gasteiger partial charge in [-0.25, -0.2) is 4.39 Å². The second-order valence-electron chi connectivity index (χ2n) is 2.02. The van der Waals surface area contributed by atoms with E-state index in [9.17, 15) is 13.2 Å². The molecule has 0 saturated carbocycles. The molecule has 0 aromatic heterocycles. The van der Waals surface area contributed by atoms with Crippen molar-refractivity contribution in [1.29, 1.82) is 0 Å². The molecule has 0 fully saturated rings. The number of hydrogen-bond donors (Lipinski definition) is 1. The molecule has 0 radical (unpaired) electrons. The summed E-state index contributed by atoms with van der Waals surface area (Å²) in [5, 5.41) is 0. The van der Waals surface area contributed by atoms with Crippen LogP contribution in [0.2, 0.25) is 0 Å². The molecule has 0 rings (SSSR count). The van der Waals surface area contributed by atoms with Crippen LogP contribution in [0.5, 0.6) is 0 Å². The van der Waals surface area contributed by atoms with Crippen molar-refractivity contribution >= 4 is 15.9 Å². The number of halogens is 4. The molecule has 0 saturated heterocycles. The lowest BCUT2D eigenvalue weighted by Gasteiger charge is -2.26. The molecule has 0 aliphatic rings. The van der Waals surface area contributed by atoms with Crippen molar-refractivity contribution in [2.45, 2.75) is 23.8 Å². The fourth-order valence-electron chi connectivity index (χ4n) is 0.461. The molecule has 1 unspecified atom stereocenters. The highest BCUT2D eigenvalue weighted by Crippen LogP contribution is 2.39. The van der Waals surface area contributed by atoms with Gasteiger partial charge in [-0.3, -0.25) is 0 Å². The Morgan fingerprint density at radius 1 is 1.40 bits per heavy atom. The largest absolute Gasteiger partial charge is 0.335 e. The lowest BCUT2D eigenvalue weighted by atomic mass is 10.0. The third-order valence-corrected chi connectivity index (χ3v) is 2.10. The van der Waals surface area contributed by atoms with Crippen LogP contribution in [0.15, 0.2) is 0 Å². The van der Waals surface area contributed by atoms with E-state index >= 15 is 0 Å². The first-order chi connectivity index (χ1) is 4.37. The normalized spacial score (nSPS) is 18.6. The molecule has 2 N–H and O–H groups in total. The van der Waals surface area contributed by atoms with Crippen molar-refractivity contribution in [3.63, 3.8) is 0 Å². The van der Waals surface area contributed by atoms with Gasteiger partial charge in [-0.2, -0.15) is 8.78 Å². The number of hydrogen-bond acceptors (Lipinski definition) is 1. The van der Waals surface area contributed by atoms with Gasteiger partial charge in [0.15, 0.2) is 5.67 Å². The molecule has 0 heterocycles. The summed E-state index contributed by atoms with van der Waals surface area (Å²) in [6.07, 6.45) is -0.304. The predicted molar refractivity (Wildman–Crippen MR) is 37.1 cm³/mol. The van der Waals surface area contributed by atoms with Crippen LogP contribution in [0.3, 0.4) is 0 Å². The highest BCUT2D eigenvalue weighted by atomic mass is 79.9. The third kappa shape index (κ3) is 1.85. The van der Waals surface area contributed by atoms with E-state index in [0.717, 1.165) is 0 Å². The van der Waals surface area contributed by atoms with Gasteiger partial charge in [-0.1, -0.05) is 6.92 Å². The van der Waals surface area contributed by atoms with Gasteiger partial charge in [0, 0.05) is 6.54 Å². The summed E-state index contributed by atoms with van der Waals surface area (Å²) in [5.74, 6) is 0. The topological polar surface area (TPSA) is 26.0 Å². The van der Waals surface area contributed by atoms with Gasteiger partial charge < -0.3 is 5.73 Å². The first-order valence-electron chi connectivity index (χ1n) is 2.83. The summed E-state index contributed by atoms with van der Waals surface area (Å²) < 4.78 is 37.3. The summed E-state index contributed by atoms with van der Waals surface area (Å²) >= 11 is 1.93. The molecule has 0 aromatic carbocycles. The molecular formula is C5H9BrF3N. The van der Waals surface area contributed by atoms with Crippen molar-refractivity contribution in [2.75, 3.05) is 6.54 Å². The summed E-state index contributed by atoms with van der Waals surface area (Å²) in [6.45, 7) is 0.643. The zero-order valence-electron chi connectivity index (χ0n) is 5.50. The molecule has 0 bridgehead atoms. The Kier molecular flexibility index (Phi) is 3.16. The van der Waals surface area contributed by atoms with Crippen molar-refractivity contribution in [2.24, 2.45) is 5.73 Å². The maximum absolute atomic E-state index is 12.8. The van der Waals surface area contributed by atoms with Gasteiger partial charge in [-0.15, -0.1) is 0 Å². The van der Waals surface area contributed by atoms with E-state index in [4.69, 9.17) is 5.73 Å². The summed E-state index contributed by atoms with van der Waals surface area (Å²) in [6, 6.07) is 0. The number of alkyl halides is 4. The average Bonchev–Trinajstić information content (AvgIpc) is 1.84. The van der Waals surface area contributed by atoms with Crippen molar-refractivity contribution < 1.29 is 13.2 Å². The Morgan fingerprint density at radius 3 is 1.80 bits per heavy atom. The standard InChI is InChI=1S/C5H9BrF3N/c1-2-4(7,3-10)5(6,8)9/h2-3,10H2,1H3. The number of nitrogens with two attached hydrogens (primary N) is 1. The van der Waals surface area contributed by atoms with E-state index < -0.39 is 17.0 Å². The Hall–Kier alpha value is 0.230. The Morgan fingerprint density at radius 2 is 1.80 bits per heavy atom. The van der Waals surface area contributed by atoms with E-state index in [2.05, 4.69) is 0 Å². The second-order valence-corrected chi connectivity index (χ2v) is 3.02. The summed E-state index contributed by atoms with van der Waals surface area (Å²) in [5.41, 5.74) is 2.20. The molecule has 1 nitrogen and oxygen atoms in total. The molecule has 0 spiro atoms. The quantitative estimate of drug-likeness (QED) is 0.723. The van der Waals surface area contributed by atoms with Gasteiger partial charge >= 0.3 is 4.83 Å². The Labute approximate surface area is 65.9 Å². The van der Waals surface area contributed by atoms with Gasteiger partial charge in [0.1, 0.15) is 0 Å².